The van der Waals surface area contributed by atoms with Crippen LogP contribution in [0.1, 0.15) is 17.3 Å². The molecule has 2 aromatic rings. The number of para-hydroxylation sites is 1. The second-order valence-corrected chi connectivity index (χ2v) is 6.32. The molecule has 0 amide bonds. The molecule has 22 heavy (non-hydrogen) atoms. The Morgan fingerprint density at radius 2 is 2.18 bits per heavy atom. The van der Waals surface area contributed by atoms with Crippen molar-refractivity contribution in [1.29, 1.82) is 0 Å². The summed E-state index contributed by atoms with van der Waals surface area (Å²) in [5.74, 6) is 0.949. The number of piperazine rings is 1. The number of benzene rings is 1. The molecule has 1 unspecified atom stereocenters. The minimum absolute atomic E-state index is 0.301. The van der Waals surface area contributed by atoms with E-state index in [4.69, 9.17) is 4.74 Å². The van der Waals surface area contributed by atoms with Crippen LogP contribution >= 0.6 is 15.9 Å². The molecule has 5 heteroatoms. The molecular formula is C17H20BrN3O. The molecule has 1 atom stereocenters. The van der Waals surface area contributed by atoms with Gasteiger partial charge in [0, 0.05) is 42.4 Å². The Bertz CT molecular complexity index is 618. The number of halogens is 1. The zero-order valence-corrected chi connectivity index (χ0v) is 14.2. The van der Waals surface area contributed by atoms with Crippen LogP contribution < -0.4 is 10.1 Å². The van der Waals surface area contributed by atoms with E-state index in [-0.39, 0.29) is 0 Å². The predicted octanol–water partition coefficient (Wildman–Crippen LogP) is 3.00. The first-order valence-corrected chi connectivity index (χ1v) is 8.25. The van der Waals surface area contributed by atoms with E-state index in [1.807, 2.05) is 24.4 Å². The molecule has 1 N–H and O–H groups in total. The summed E-state index contributed by atoms with van der Waals surface area (Å²) in [7, 11) is 1.73. The van der Waals surface area contributed by atoms with Crippen LogP contribution in [0.3, 0.4) is 0 Å². The highest BCUT2D eigenvalue weighted by Gasteiger charge is 2.26. The molecule has 1 saturated heterocycles. The lowest BCUT2D eigenvalue weighted by Gasteiger charge is -2.36. The summed E-state index contributed by atoms with van der Waals surface area (Å²) in [5.41, 5.74) is 2.32. The van der Waals surface area contributed by atoms with Crippen molar-refractivity contribution in [2.45, 2.75) is 12.6 Å². The fourth-order valence-electron chi connectivity index (χ4n) is 2.89. The topological polar surface area (TPSA) is 37.4 Å². The van der Waals surface area contributed by atoms with Gasteiger partial charge >= 0.3 is 0 Å². The van der Waals surface area contributed by atoms with E-state index in [2.05, 4.69) is 49.3 Å². The van der Waals surface area contributed by atoms with Gasteiger partial charge in [0.25, 0.3) is 0 Å². The van der Waals surface area contributed by atoms with Crippen molar-refractivity contribution >= 4 is 15.9 Å². The van der Waals surface area contributed by atoms with Gasteiger partial charge in [-0.3, -0.25) is 9.88 Å². The molecule has 1 aromatic heterocycles. The average Bonchev–Trinajstić information content (AvgIpc) is 2.57. The third kappa shape index (κ3) is 3.48. The van der Waals surface area contributed by atoms with Gasteiger partial charge in [0.2, 0.25) is 0 Å². The van der Waals surface area contributed by atoms with Crippen molar-refractivity contribution in [2.75, 3.05) is 26.7 Å². The van der Waals surface area contributed by atoms with Crippen LogP contribution in [-0.2, 0) is 6.54 Å². The molecule has 2 heterocycles. The Balaban J connectivity index is 1.83. The van der Waals surface area contributed by atoms with Gasteiger partial charge in [0.1, 0.15) is 5.75 Å². The van der Waals surface area contributed by atoms with Crippen molar-refractivity contribution < 1.29 is 4.74 Å². The fraction of sp³-hybridized carbons (Fsp3) is 0.353. The molecule has 1 aromatic carbocycles. The number of hydrogen-bond donors (Lipinski definition) is 1. The van der Waals surface area contributed by atoms with E-state index in [0.29, 0.717) is 6.04 Å². The summed E-state index contributed by atoms with van der Waals surface area (Å²) in [5, 5.41) is 3.48. The molecule has 0 spiro atoms. The van der Waals surface area contributed by atoms with Crippen molar-refractivity contribution in [3.63, 3.8) is 0 Å². The van der Waals surface area contributed by atoms with Gasteiger partial charge in [0.05, 0.1) is 18.8 Å². The summed E-state index contributed by atoms with van der Waals surface area (Å²) in [6.07, 6.45) is 1.86. The molecular weight excluding hydrogens is 342 g/mol. The minimum atomic E-state index is 0.301. The molecule has 116 valence electrons. The minimum Gasteiger partial charge on any atom is -0.496 e. The average molecular weight is 362 g/mol. The van der Waals surface area contributed by atoms with Crippen molar-refractivity contribution in [1.82, 2.24) is 15.2 Å². The molecule has 1 fully saturated rings. The second-order valence-electron chi connectivity index (χ2n) is 5.40. The number of hydrogen-bond acceptors (Lipinski definition) is 4. The van der Waals surface area contributed by atoms with Crippen LogP contribution in [0.4, 0.5) is 0 Å². The van der Waals surface area contributed by atoms with Gasteiger partial charge in [-0.1, -0.05) is 18.2 Å². The Morgan fingerprint density at radius 1 is 1.32 bits per heavy atom. The van der Waals surface area contributed by atoms with E-state index < -0.39 is 0 Å². The Labute approximate surface area is 139 Å². The largest absolute Gasteiger partial charge is 0.496 e. The smallest absolute Gasteiger partial charge is 0.123 e. The number of nitrogens with one attached hydrogen (secondary N) is 1. The van der Waals surface area contributed by atoms with Crippen molar-refractivity contribution in [2.24, 2.45) is 0 Å². The molecule has 1 aliphatic rings. The van der Waals surface area contributed by atoms with E-state index in [9.17, 15) is 0 Å². The van der Waals surface area contributed by atoms with Gasteiger partial charge in [-0.2, -0.15) is 0 Å². The first kappa shape index (κ1) is 15.5. The highest BCUT2D eigenvalue weighted by molar-refractivity contribution is 9.10. The molecule has 0 aliphatic carbocycles. The lowest BCUT2D eigenvalue weighted by molar-refractivity contribution is 0.149. The molecule has 0 bridgehead atoms. The zero-order valence-electron chi connectivity index (χ0n) is 12.6. The van der Waals surface area contributed by atoms with Crippen LogP contribution in [0.5, 0.6) is 5.75 Å². The molecule has 3 rings (SSSR count). The summed E-state index contributed by atoms with van der Waals surface area (Å²) < 4.78 is 6.55. The van der Waals surface area contributed by atoms with Crippen LogP contribution in [0, 0.1) is 0 Å². The van der Waals surface area contributed by atoms with E-state index in [0.717, 1.165) is 42.1 Å². The van der Waals surface area contributed by atoms with E-state index >= 15 is 0 Å². The first-order valence-electron chi connectivity index (χ1n) is 7.46. The van der Waals surface area contributed by atoms with E-state index in [1.54, 1.807) is 7.11 Å². The number of methoxy groups -OCH3 is 1. The molecule has 0 radical (unpaired) electrons. The van der Waals surface area contributed by atoms with Crippen molar-refractivity contribution in [3.8, 4) is 5.75 Å². The van der Waals surface area contributed by atoms with Crippen LogP contribution in [-0.4, -0.2) is 36.6 Å². The summed E-state index contributed by atoms with van der Waals surface area (Å²) in [6.45, 7) is 3.78. The number of pyridine rings is 1. The zero-order chi connectivity index (χ0) is 15.4. The number of rotatable bonds is 4. The number of nitrogens with zero attached hydrogens (tertiary/aromatic N) is 2. The maximum atomic E-state index is 5.54. The summed E-state index contributed by atoms with van der Waals surface area (Å²) in [4.78, 5) is 6.97. The maximum absolute atomic E-state index is 5.54. The Kier molecular flexibility index (Phi) is 5.08. The quantitative estimate of drug-likeness (QED) is 0.908. The fourth-order valence-corrected chi connectivity index (χ4v) is 3.13. The number of ether oxygens (including phenoxy) is 1. The molecule has 4 nitrogen and oxygen atoms in total. The van der Waals surface area contributed by atoms with Crippen LogP contribution in [0.2, 0.25) is 0 Å². The Morgan fingerprint density at radius 3 is 2.95 bits per heavy atom. The maximum Gasteiger partial charge on any atom is 0.123 e. The van der Waals surface area contributed by atoms with Gasteiger partial charge in [0.15, 0.2) is 0 Å². The highest BCUT2D eigenvalue weighted by atomic mass is 79.9. The van der Waals surface area contributed by atoms with Gasteiger partial charge in [-0.25, -0.2) is 0 Å². The standard InChI is InChI=1S/C17H20BrN3O/c1-22-17-5-3-2-4-15(17)16-11-19-8-9-21(16)12-14-7-6-13(18)10-20-14/h2-7,10,16,19H,8-9,11-12H2,1H3. The monoisotopic (exact) mass is 361 g/mol. The van der Waals surface area contributed by atoms with E-state index in [1.165, 1.54) is 5.56 Å². The Hall–Kier alpha value is -1.43. The van der Waals surface area contributed by atoms with Crippen LogP contribution in [0.15, 0.2) is 47.1 Å². The van der Waals surface area contributed by atoms with Crippen molar-refractivity contribution in [3.05, 3.63) is 58.3 Å². The lowest BCUT2D eigenvalue weighted by atomic mass is 10.0. The third-order valence-corrected chi connectivity index (χ3v) is 4.47. The van der Waals surface area contributed by atoms with Crippen LogP contribution in [0.25, 0.3) is 0 Å². The SMILES string of the molecule is COc1ccccc1C1CNCCN1Cc1ccc(Br)cn1. The highest BCUT2D eigenvalue weighted by Crippen LogP contribution is 2.30. The van der Waals surface area contributed by atoms with Gasteiger partial charge in [-0.15, -0.1) is 0 Å². The predicted molar refractivity (Wildman–Crippen MR) is 91.0 cm³/mol. The third-order valence-electron chi connectivity index (χ3n) is 4.01. The second kappa shape index (κ2) is 7.22. The summed E-state index contributed by atoms with van der Waals surface area (Å²) >= 11 is 3.44. The first-order chi connectivity index (χ1) is 10.8. The summed E-state index contributed by atoms with van der Waals surface area (Å²) in [6, 6.07) is 12.7. The van der Waals surface area contributed by atoms with Gasteiger partial charge in [-0.05, 0) is 34.1 Å². The lowest BCUT2D eigenvalue weighted by Crippen LogP contribution is -2.45. The molecule has 1 aliphatic heterocycles. The number of aromatic nitrogens is 1. The van der Waals surface area contributed by atoms with Gasteiger partial charge < -0.3 is 10.1 Å². The normalized spacial score (nSPS) is 19.1. The molecule has 0 saturated carbocycles.